The molecule has 0 radical (unpaired) electrons. The van der Waals surface area contributed by atoms with Crippen LogP contribution in [0, 0.1) is 29.4 Å². The number of rotatable bonds is 11. The lowest BCUT2D eigenvalue weighted by Crippen LogP contribution is -2.33. The lowest BCUT2D eigenvalue weighted by molar-refractivity contribution is -0.254. The van der Waals surface area contributed by atoms with Crippen molar-refractivity contribution < 1.29 is 31.1 Å². The first-order valence-electron chi connectivity index (χ1n) is 14.1. The third-order valence-corrected chi connectivity index (χ3v) is 8.65. The van der Waals surface area contributed by atoms with Gasteiger partial charge in [0.1, 0.15) is 5.82 Å². The molecule has 0 amide bonds. The molecule has 0 aromatic heterocycles. The molecule has 7 heteroatoms. The Balaban J connectivity index is 1.35. The van der Waals surface area contributed by atoms with Gasteiger partial charge in [-0.05, 0) is 85.1 Å². The van der Waals surface area contributed by atoms with E-state index in [9.17, 15) is 22.0 Å². The molecule has 38 heavy (non-hydrogen) atoms. The standard InChI is InChI=1S/C31H38F6O/c1-2-3-4-5-6-7-20-8-9-22-17-23(11-10-21(22)16-20)24-12-14-26(27(32)18-24)25-13-15-29(28(33)19-25)38-31(36,37)30(34)35/h12-15,18-23,30H,2-11,16-17H2,1H3/t20?,21-,22-,23-/m1/s1. The zero-order valence-electron chi connectivity index (χ0n) is 22.0. The van der Waals surface area contributed by atoms with Gasteiger partial charge in [-0.2, -0.15) is 17.6 Å². The fourth-order valence-electron chi connectivity index (χ4n) is 6.55. The second-order valence-corrected chi connectivity index (χ2v) is 11.3. The highest BCUT2D eigenvalue weighted by atomic mass is 19.3. The van der Waals surface area contributed by atoms with E-state index in [1.165, 1.54) is 76.3 Å². The van der Waals surface area contributed by atoms with Gasteiger partial charge in [0.15, 0.2) is 11.6 Å². The number of alkyl halides is 4. The van der Waals surface area contributed by atoms with E-state index in [1.54, 1.807) is 6.07 Å². The molecule has 0 spiro atoms. The second kappa shape index (κ2) is 12.8. The minimum Gasteiger partial charge on any atom is -0.425 e. The molecule has 2 aliphatic carbocycles. The number of unbranched alkanes of at least 4 members (excludes halogenated alkanes) is 4. The Hall–Kier alpha value is -2.18. The lowest BCUT2D eigenvalue weighted by atomic mass is 9.63. The van der Waals surface area contributed by atoms with Crippen LogP contribution in [0.4, 0.5) is 26.3 Å². The molecule has 0 bridgehead atoms. The summed E-state index contributed by atoms with van der Waals surface area (Å²) in [5, 5.41) is 0. The molecule has 4 rings (SSSR count). The third-order valence-electron chi connectivity index (χ3n) is 8.65. The Morgan fingerprint density at radius 2 is 1.58 bits per heavy atom. The van der Waals surface area contributed by atoms with Crippen LogP contribution >= 0.6 is 0 Å². The molecule has 210 valence electrons. The number of benzene rings is 2. The maximum atomic E-state index is 15.1. The van der Waals surface area contributed by atoms with E-state index in [0.29, 0.717) is 5.92 Å². The number of hydrogen-bond acceptors (Lipinski definition) is 1. The molecule has 4 atom stereocenters. The smallest absolute Gasteiger partial charge is 0.425 e. The van der Waals surface area contributed by atoms with Gasteiger partial charge in [0.05, 0.1) is 0 Å². The molecule has 0 heterocycles. The van der Waals surface area contributed by atoms with E-state index in [0.717, 1.165) is 42.4 Å². The third kappa shape index (κ3) is 7.06. The van der Waals surface area contributed by atoms with Crippen LogP contribution in [-0.2, 0) is 0 Å². The molecule has 0 saturated heterocycles. The highest BCUT2D eigenvalue weighted by molar-refractivity contribution is 5.65. The number of ether oxygens (including phenoxy) is 1. The SMILES string of the molecule is CCCCCCCC1CC[C@@H]2C[C@H](c3ccc(-c4ccc(OC(F)(F)C(F)F)c(F)c4)c(F)c3)CC[C@@H]2C1. The average molecular weight is 541 g/mol. The van der Waals surface area contributed by atoms with Crippen molar-refractivity contribution in [3.05, 3.63) is 53.6 Å². The van der Waals surface area contributed by atoms with E-state index < -0.39 is 29.9 Å². The first kappa shape index (κ1) is 28.8. The van der Waals surface area contributed by atoms with Gasteiger partial charge >= 0.3 is 12.5 Å². The van der Waals surface area contributed by atoms with Crippen LogP contribution in [0.1, 0.15) is 95.5 Å². The van der Waals surface area contributed by atoms with Gasteiger partial charge in [-0.15, -0.1) is 0 Å². The first-order chi connectivity index (χ1) is 18.2. The largest absolute Gasteiger partial charge is 0.461 e. The van der Waals surface area contributed by atoms with E-state index >= 15 is 4.39 Å². The van der Waals surface area contributed by atoms with Crippen molar-refractivity contribution in [1.82, 2.24) is 0 Å². The zero-order valence-corrected chi connectivity index (χ0v) is 22.0. The molecule has 0 aliphatic heterocycles. The van der Waals surface area contributed by atoms with Crippen LogP contribution in [0.5, 0.6) is 5.75 Å². The second-order valence-electron chi connectivity index (χ2n) is 11.3. The van der Waals surface area contributed by atoms with Crippen molar-refractivity contribution in [2.24, 2.45) is 17.8 Å². The monoisotopic (exact) mass is 540 g/mol. The highest BCUT2D eigenvalue weighted by Crippen LogP contribution is 2.48. The minimum atomic E-state index is -4.82. The number of fused-ring (bicyclic) bond motifs is 1. The van der Waals surface area contributed by atoms with Crippen molar-refractivity contribution in [1.29, 1.82) is 0 Å². The normalized spacial score (nSPS) is 23.9. The summed E-state index contributed by atoms with van der Waals surface area (Å²) in [6.45, 7) is 2.24. The van der Waals surface area contributed by atoms with Gasteiger partial charge in [0, 0.05) is 5.56 Å². The Bertz CT molecular complexity index is 1050. The quantitative estimate of drug-likeness (QED) is 0.203. The number of halogens is 6. The summed E-state index contributed by atoms with van der Waals surface area (Å²) in [6, 6.07) is 7.76. The zero-order chi connectivity index (χ0) is 27.3. The van der Waals surface area contributed by atoms with Crippen LogP contribution in [0.2, 0.25) is 0 Å². The van der Waals surface area contributed by atoms with Crippen molar-refractivity contribution in [2.45, 2.75) is 102 Å². The minimum absolute atomic E-state index is 0.118. The molecule has 2 aliphatic rings. The van der Waals surface area contributed by atoms with Gasteiger partial charge in [-0.25, -0.2) is 8.78 Å². The first-order valence-corrected chi connectivity index (χ1v) is 14.1. The predicted octanol–water partition coefficient (Wildman–Crippen LogP) is 10.5. The van der Waals surface area contributed by atoms with Crippen LogP contribution in [-0.4, -0.2) is 12.5 Å². The summed E-state index contributed by atoms with van der Waals surface area (Å²) >= 11 is 0. The molecular formula is C31H38F6O. The summed E-state index contributed by atoms with van der Waals surface area (Å²) < 4.78 is 84.2. The van der Waals surface area contributed by atoms with Crippen LogP contribution < -0.4 is 4.74 Å². The van der Waals surface area contributed by atoms with Gasteiger partial charge in [0.25, 0.3) is 0 Å². The molecular weight excluding hydrogens is 502 g/mol. The number of hydrogen-bond donors (Lipinski definition) is 0. The van der Waals surface area contributed by atoms with Crippen LogP contribution in [0.15, 0.2) is 36.4 Å². The Morgan fingerprint density at radius 1 is 0.842 bits per heavy atom. The van der Waals surface area contributed by atoms with Gasteiger partial charge < -0.3 is 4.74 Å². The van der Waals surface area contributed by atoms with E-state index in [1.807, 2.05) is 6.07 Å². The van der Waals surface area contributed by atoms with Crippen molar-refractivity contribution in [3.8, 4) is 16.9 Å². The fourth-order valence-corrected chi connectivity index (χ4v) is 6.55. The molecule has 2 fully saturated rings. The van der Waals surface area contributed by atoms with Crippen LogP contribution in [0.25, 0.3) is 11.1 Å². The van der Waals surface area contributed by atoms with E-state index in [2.05, 4.69) is 11.7 Å². The molecule has 2 saturated carbocycles. The topological polar surface area (TPSA) is 9.23 Å². The Labute approximate surface area is 222 Å². The van der Waals surface area contributed by atoms with Gasteiger partial charge in [0.2, 0.25) is 0 Å². The van der Waals surface area contributed by atoms with Gasteiger partial charge in [-0.3, -0.25) is 0 Å². The maximum absolute atomic E-state index is 15.1. The molecule has 2 aromatic rings. The fraction of sp³-hybridized carbons (Fsp3) is 0.613. The summed E-state index contributed by atoms with van der Waals surface area (Å²) in [6.07, 6.45) is 6.22. The van der Waals surface area contributed by atoms with E-state index in [4.69, 9.17) is 0 Å². The summed E-state index contributed by atoms with van der Waals surface area (Å²) in [5.74, 6) is -0.214. The predicted molar refractivity (Wildman–Crippen MR) is 138 cm³/mol. The lowest BCUT2D eigenvalue weighted by Gasteiger charge is -2.42. The molecule has 2 aromatic carbocycles. The highest BCUT2D eigenvalue weighted by Gasteiger charge is 2.44. The molecule has 1 unspecified atom stereocenters. The van der Waals surface area contributed by atoms with E-state index in [-0.39, 0.29) is 17.0 Å². The Morgan fingerprint density at radius 3 is 2.29 bits per heavy atom. The summed E-state index contributed by atoms with van der Waals surface area (Å²) in [4.78, 5) is 0. The van der Waals surface area contributed by atoms with Crippen molar-refractivity contribution in [2.75, 3.05) is 0 Å². The van der Waals surface area contributed by atoms with Crippen molar-refractivity contribution in [3.63, 3.8) is 0 Å². The summed E-state index contributed by atoms with van der Waals surface area (Å²) in [7, 11) is 0. The Kier molecular flexibility index (Phi) is 9.69. The van der Waals surface area contributed by atoms with Crippen LogP contribution in [0.3, 0.4) is 0 Å². The maximum Gasteiger partial charge on any atom is 0.461 e. The molecule has 1 nitrogen and oxygen atoms in total. The molecule has 0 N–H and O–H groups in total. The van der Waals surface area contributed by atoms with Gasteiger partial charge in [-0.1, -0.05) is 70.1 Å². The average Bonchev–Trinajstić information content (AvgIpc) is 2.89. The van der Waals surface area contributed by atoms with Crippen molar-refractivity contribution >= 4 is 0 Å². The summed E-state index contributed by atoms with van der Waals surface area (Å²) in [5.41, 5.74) is 1.17.